The molecule has 0 atom stereocenters. The first-order valence-electron chi connectivity index (χ1n) is 9.36. The molecule has 0 unspecified atom stereocenters. The van der Waals surface area contributed by atoms with E-state index in [9.17, 15) is 9.59 Å². The predicted octanol–water partition coefficient (Wildman–Crippen LogP) is 5.16. The van der Waals surface area contributed by atoms with Gasteiger partial charge in [-0.05, 0) is 48.2 Å². The molecule has 3 rings (SSSR count). The monoisotopic (exact) mass is 412 g/mol. The van der Waals surface area contributed by atoms with Crippen LogP contribution in [-0.2, 0) is 11.8 Å². The highest BCUT2D eigenvalue weighted by molar-refractivity contribution is 6.30. The Morgan fingerprint density at radius 3 is 2.48 bits per heavy atom. The second-order valence-electron chi connectivity index (χ2n) is 8.43. The van der Waals surface area contributed by atoms with Crippen LogP contribution in [0.1, 0.15) is 43.2 Å². The van der Waals surface area contributed by atoms with Gasteiger partial charge in [-0.15, -0.1) is 0 Å². The summed E-state index contributed by atoms with van der Waals surface area (Å²) in [6.07, 6.45) is 1.96. The molecule has 6 nitrogen and oxygen atoms in total. The van der Waals surface area contributed by atoms with Crippen LogP contribution >= 0.6 is 11.6 Å². The van der Waals surface area contributed by atoms with E-state index in [2.05, 4.69) is 15.6 Å². The van der Waals surface area contributed by atoms with Gasteiger partial charge in [0.1, 0.15) is 10.8 Å². The van der Waals surface area contributed by atoms with E-state index in [1.807, 2.05) is 57.5 Å². The number of rotatable bonds is 4. The van der Waals surface area contributed by atoms with E-state index in [4.69, 9.17) is 11.6 Å². The van der Waals surface area contributed by atoms with Gasteiger partial charge in [-0.2, -0.15) is 0 Å². The van der Waals surface area contributed by atoms with E-state index in [0.717, 1.165) is 16.5 Å². The Balaban J connectivity index is 1.82. The SMILES string of the molecule is Cc1cc(NC(=O)c2cc3cc(NC(=O)CC(C)(C)C)ccc3n2C)cnc1Cl. The maximum Gasteiger partial charge on any atom is 0.272 e. The van der Waals surface area contributed by atoms with Crippen molar-refractivity contribution in [3.8, 4) is 0 Å². The summed E-state index contributed by atoms with van der Waals surface area (Å²) >= 11 is 5.94. The second-order valence-corrected chi connectivity index (χ2v) is 8.79. The number of amides is 2. The van der Waals surface area contributed by atoms with Crippen molar-refractivity contribution >= 4 is 45.7 Å². The lowest BCUT2D eigenvalue weighted by atomic mass is 9.92. The van der Waals surface area contributed by atoms with Crippen molar-refractivity contribution in [2.24, 2.45) is 12.5 Å². The molecular weight excluding hydrogens is 388 g/mol. The molecule has 0 fully saturated rings. The van der Waals surface area contributed by atoms with Gasteiger partial charge in [-0.25, -0.2) is 4.98 Å². The molecule has 0 spiro atoms. The van der Waals surface area contributed by atoms with E-state index in [0.29, 0.717) is 28.6 Å². The summed E-state index contributed by atoms with van der Waals surface area (Å²) < 4.78 is 1.82. The van der Waals surface area contributed by atoms with Gasteiger partial charge in [-0.3, -0.25) is 9.59 Å². The zero-order valence-electron chi connectivity index (χ0n) is 17.3. The number of aromatic nitrogens is 2. The van der Waals surface area contributed by atoms with Crippen molar-refractivity contribution in [1.82, 2.24) is 9.55 Å². The molecule has 0 saturated heterocycles. The number of benzene rings is 1. The van der Waals surface area contributed by atoms with Gasteiger partial charge in [0, 0.05) is 30.1 Å². The number of carbonyl (C=O) groups excluding carboxylic acids is 2. The topological polar surface area (TPSA) is 76.0 Å². The number of carbonyl (C=O) groups is 2. The summed E-state index contributed by atoms with van der Waals surface area (Å²) in [5.74, 6) is -0.276. The van der Waals surface area contributed by atoms with E-state index < -0.39 is 0 Å². The minimum absolute atomic E-state index is 0.0312. The van der Waals surface area contributed by atoms with Gasteiger partial charge in [0.25, 0.3) is 5.91 Å². The molecule has 0 saturated carbocycles. The highest BCUT2D eigenvalue weighted by Crippen LogP contribution is 2.25. The van der Waals surface area contributed by atoms with Crippen LogP contribution in [0.25, 0.3) is 10.9 Å². The minimum atomic E-state index is -0.245. The van der Waals surface area contributed by atoms with Crippen molar-refractivity contribution in [2.45, 2.75) is 34.1 Å². The van der Waals surface area contributed by atoms with Gasteiger partial charge in [-0.1, -0.05) is 32.4 Å². The van der Waals surface area contributed by atoms with Crippen LogP contribution in [0.15, 0.2) is 36.5 Å². The fraction of sp³-hybridized carbons (Fsp3) is 0.318. The first-order chi connectivity index (χ1) is 13.5. The third-order valence-corrected chi connectivity index (χ3v) is 4.92. The third-order valence-electron chi connectivity index (χ3n) is 4.52. The zero-order valence-corrected chi connectivity index (χ0v) is 18.0. The van der Waals surface area contributed by atoms with Crippen LogP contribution in [0, 0.1) is 12.3 Å². The Morgan fingerprint density at radius 1 is 1.10 bits per heavy atom. The average molecular weight is 413 g/mol. The number of anilines is 2. The normalized spacial score (nSPS) is 11.5. The summed E-state index contributed by atoms with van der Waals surface area (Å²) in [5, 5.41) is 7.06. The molecule has 1 aromatic carbocycles. The number of halogens is 1. The molecule has 2 aromatic heterocycles. The van der Waals surface area contributed by atoms with E-state index in [1.165, 1.54) is 6.20 Å². The maximum atomic E-state index is 12.8. The molecule has 152 valence electrons. The summed E-state index contributed by atoms with van der Waals surface area (Å²) in [6.45, 7) is 7.90. The van der Waals surface area contributed by atoms with Crippen LogP contribution in [0.5, 0.6) is 0 Å². The largest absolute Gasteiger partial charge is 0.340 e. The highest BCUT2D eigenvalue weighted by Gasteiger charge is 2.17. The van der Waals surface area contributed by atoms with Crippen molar-refractivity contribution in [3.05, 3.63) is 52.9 Å². The molecule has 29 heavy (non-hydrogen) atoms. The summed E-state index contributed by atoms with van der Waals surface area (Å²) in [5.41, 5.74) is 3.40. The quantitative estimate of drug-likeness (QED) is 0.581. The highest BCUT2D eigenvalue weighted by atomic mass is 35.5. The van der Waals surface area contributed by atoms with Gasteiger partial charge < -0.3 is 15.2 Å². The first kappa shape index (κ1) is 20.9. The minimum Gasteiger partial charge on any atom is -0.340 e. The molecular formula is C22H25ClN4O2. The summed E-state index contributed by atoms with van der Waals surface area (Å²) in [6, 6.07) is 9.20. The maximum absolute atomic E-state index is 12.8. The van der Waals surface area contributed by atoms with Crippen LogP contribution in [-0.4, -0.2) is 21.4 Å². The molecule has 3 aromatic rings. The Hall–Kier alpha value is -2.86. The van der Waals surface area contributed by atoms with Crippen LogP contribution in [0.4, 0.5) is 11.4 Å². The number of hydrogen-bond donors (Lipinski definition) is 2. The molecule has 0 radical (unpaired) electrons. The van der Waals surface area contributed by atoms with E-state index in [1.54, 1.807) is 12.1 Å². The number of fused-ring (bicyclic) bond motifs is 1. The zero-order chi connectivity index (χ0) is 21.3. The third kappa shape index (κ3) is 4.95. The lowest BCUT2D eigenvalue weighted by Gasteiger charge is -2.17. The fourth-order valence-electron chi connectivity index (χ4n) is 3.15. The molecule has 0 aliphatic rings. The Bertz CT molecular complexity index is 1100. The lowest BCUT2D eigenvalue weighted by Crippen LogP contribution is -2.19. The van der Waals surface area contributed by atoms with Crippen LogP contribution < -0.4 is 10.6 Å². The van der Waals surface area contributed by atoms with Gasteiger partial charge in [0.2, 0.25) is 5.91 Å². The molecule has 0 aliphatic carbocycles. The molecule has 7 heteroatoms. The van der Waals surface area contributed by atoms with Gasteiger partial charge in [0.05, 0.1) is 11.9 Å². The standard InChI is InChI=1S/C22H25ClN4O2/c1-13-8-16(12-24-20(13)23)26-21(29)18-10-14-9-15(6-7-17(14)27(18)5)25-19(28)11-22(2,3)4/h6-10,12H,11H2,1-5H3,(H,25,28)(H,26,29). The molecule has 2 amide bonds. The van der Waals surface area contributed by atoms with Crippen LogP contribution in [0.3, 0.4) is 0 Å². The van der Waals surface area contributed by atoms with Crippen molar-refractivity contribution in [1.29, 1.82) is 0 Å². The Labute approximate surface area is 175 Å². The summed E-state index contributed by atoms with van der Waals surface area (Å²) in [7, 11) is 1.83. The average Bonchev–Trinajstić information content (AvgIpc) is 2.93. The predicted molar refractivity (Wildman–Crippen MR) is 118 cm³/mol. The molecule has 0 bridgehead atoms. The van der Waals surface area contributed by atoms with Crippen molar-refractivity contribution < 1.29 is 9.59 Å². The molecule has 2 N–H and O–H groups in total. The number of nitrogens with one attached hydrogen (secondary N) is 2. The Kier molecular flexibility index (Phi) is 5.66. The van der Waals surface area contributed by atoms with Gasteiger partial charge >= 0.3 is 0 Å². The van der Waals surface area contributed by atoms with E-state index >= 15 is 0 Å². The Morgan fingerprint density at radius 2 is 1.83 bits per heavy atom. The van der Waals surface area contributed by atoms with Crippen molar-refractivity contribution in [2.75, 3.05) is 10.6 Å². The number of hydrogen-bond acceptors (Lipinski definition) is 3. The van der Waals surface area contributed by atoms with Crippen LogP contribution in [0.2, 0.25) is 5.15 Å². The summed E-state index contributed by atoms with van der Waals surface area (Å²) in [4.78, 5) is 29.0. The number of pyridine rings is 1. The number of aryl methyl sites for hydroxylation is 2. The lowest BCUT2D eigenvalue weighted by molar-refractivity contribution is -0.117. The fourth-order valence-corrected chi connectivity index (χ4v) is 3.26. The molecule has 2 heterocycles. The smallest absolute Gasteiger partial charge is 0.272 e. The first-order valence-corrected chi connectivity index (χ1v) is 9.74. The second kappa shape index (κ2) is 7.87. The van der Waals surface area contributed by atoms with E-state index in [-0.39, 0.29) is 17.2 Å². The van der Waals surface area contributed by atoms with Gasteiger partial charge in [0.15, 0.2) is 0 Å². The van der Waals surface area contributed by atoms with Crippen molar-refractivity contribution in [3.63, 3.8) is 0 Å². The molecule has 0 aliphatic heterocycles. The number of nitrogens with zero attached hydrogens (tertiary/aromatic N) is 2.